The lowest BCUT2D eigenvalue weighted by molar-refractivity contribution is -0.133. The van der Waals surface area contributed by atoms with Crippen molar-refractivity contribution in [2.75, 3.05) is 39.6 Å². The average molecular weight is 490 g/mol. The van der Waals surface area contributed by atoms with Crippen LogP contribution in [0.5, 0.6) is 0 Å². The van der Waals surface area contributed by atoms with Gasteiger partial charge in [-0.25, -0.2) is 9.59 Å². The van der Waals surface area contributed by atoms with E-state index in [1.165, 1.54) is 51.0 Å². The first-order valence-electron chi connectivity index (χ1n) is 12.7. The highest BCUT2D eigenvalue weighted by atomic mass is 28.2. The third-order valence-electron chi connectivity index (χ3n) is 5.11. The molecule has 0 aromatic rings. The van der Waals surface area contributed by atoms with Crippen LogP contribution in [0.3, 0.4) is 0 Å². The van der Waals surface area contributed by atoms with Crippen molar-refractivity contribution in [1.29, 1.82) is 0 Å². The fourth-order valence-corrected chi connectivity index (χ4v) is 4.36. The molecule has 0 atom stereocenters. The van der Waals surface area contributed by atoms with Gasteiger partial charge in [0.25, 0.3) is 0 Å². The van der Waals surface area contributed by atoms with E-state index in [0.717, 1.165) is 19.4 Å². The van der Waals surface area contributed by atoms with E-state index < -0.39 is 12.1 Å². The highest BCUT2D eigenvalue weighted by molar-refractivity contribution is 6.26. The summed E-state index contributed by atoms with van der Waals surface area (Å²) in [4.78, 5) is 23.3. The minimum absolute atomic E-state index is 0.0263. The molecule has 9 heteroatoms. The lowest BCUT2D eigenvalue weighted by Crippen LogP contribution is -2.27. The minimum atomic E-state index is -1.08. The van der Waals surface area contributed by atoms with E-state index in [1.807, 2.05) is 0 Å². The molecule has 0 saturated heterocycles. The molecule has 0 spiro atoms. The summed E-state index contributed by atoms with van der Waals surface area (Å²) in [7, 11) is -0.245. The zero-order valence-corrected chi connectivity index (χ0v) is 22.5. The molecule has 0 saturated carbocycles. The first-order chi connectivity index (χ1) is 16.1. The van der Waals surface area contributed by atoms with Crippen molar-refractivity contribution in [3.63, 3.8) is 0 Å². The lowest BCUT2D eigenvalue weighted by Gasteiger charge is -2.14. The number of aliphatic carboxylic acids is 1. The van der Waals surface area contributed by atoms with Crippen LogP contribution >= 0.6 is 0 Å². The number of unbranched alkanes of at least 4 members (excludes halogenated alkanes) is 8. The molecule has 0 heterocycles. The molecule has 0 fully saturated rings. The Morgan fingerprint density at radius 2 is 1.45 bits per heavy atom. The summed E-state index contributed by atoms with van der Waals surface area (Å²) in [5.74, 6) is -0.750. The van der Waals surface area contributed by atoms with E-state index in [4.69, 9.17) is 18.6 Å². The van der Waals surface area contributed by atoms with Crippen LogP contribution < -0.4 is 5.32 Å². The zero-order valence-electron chi connectivity index (χ0n) is 21.1. The number of amides is 1. The molecule has 0 unspecified atom stereocenters. The maximum absolute atomic E-state index is 11.8. The minimum Gasteiger partial charge on any atom is -0.498 e. The van der Waals surface area contributed by atoms with Crippen molar-refractivity contribution in [2.24, 2.45) is 0 Å². The van der Waals surface area contributed by atoms with E-state index in [-0.39, 0.29) is 34.9 Å². The summed E-state index contributed by atoms with van der Waals surface area (Å²) in [5, 5.41) is 12.0. The van der Waals surface area contributed by atoms with Crippen LogP contribution in [0.1, 0.15) is 85.0 Å². The molecule has 0 aliphatic heterocycles. The van der Waals surface area contributed by atoms with Gasteiger partial charge in [-0.1, -0.05) is 51.4 Å². The van der Waals surface area contributed by atoms with Gasteiger partial charge in [-0.3, -0.25) is 0 Å². The normalized spacial score (nSPS) is 12.1. The van der Waals surface area contributed by atoms with Crippen LogP contribution in [0.15, 0.2) is 11.3 Å². The number of alkyl carbamates (subject to hydrolysis) is 1. The number of carbonyl (C=O) groups is 2. The number of carboxylic acids is 1. The number of nitrogens with one attached hydrogen (secondary N) is 1. The summed E-state index contributed by atoms with van der Waals surface area (Å²) in [6.07, 6.45) is 10.7. The Morgan fingerprint density at radius 1 is 0.818 bits per heavy atom. The molecule has 0 rings (SSSR count). The largest absolute Gasteiger partial charge is 0.498 e. The predicted octanol–water partition coefficient (Wildman–Crippen LogP) is 4.56. The molecule has 0 bridgehead atoms. The Bertz CT molecular complexity index is 529. The van der Waals surface area contributed by atoms with Crippen molar-refractivity contribution in [1.82, 2.24) is 5.32 Å². The van der Waals surface area contributed by atoms with Crippen molar-refractivity contribution in [2.45, 2.75) is 91.0 Å². The molecule has 0 aromatic carbocycles. The van der Waals surface area contributed by atoms with Gasteiger partial charge in [-0.05, 0) is 33.2 Å². The smallest absolute Gasteiger partial charge is 0.407 e. The molecule has 0 radical (unpaired) electrons. The predicted molar refractivity (Wildman–Crippen MR) is 133 cm³/mol. The highest BCUT2D eigenvalue weighted by Gasteiger charge is 2.16. The topological polar surface area (TPSA) is 103 Å². The van der Waals surface area contributed by atoms with Gasteiger partial charge in [0.2, 0.25) is 0 Å². The Kier molecular flexibility index (Phi) is 22.4. The number of carbonyl (C=O) groups excluding carboxylic acids is 1. The first-order valence-corrected chi connectivity index (χ1v) is 14.3. The van der Waals surface area contributed by atoms with Crippen molar-refractivity contribution in [3.05, 3.63) is 11.3 Å². The first kappa shape index (κ1) is 31.4. The SMILES string of the molecule is CCOCC(C(=O)O)=C(CCNC(=O)OCCCCCCCCCCC[SiH2]OCC)OCC. The molecule has 1 amide bonds. The highest BCUT2D eigenvalue weighted by Crippen LogP contribution is 2.13. The number of hydrogen-bond donors (Lipinski definition) is 2. The maximum atomic E-state index is 11.8. The van der Waals surface area contributed by atoms with Gasteiger partial charge in [0, 0.05) is 26.2 Å². The summed E-state index contributed by atoms with van der Waals surface area (Å²) in [6.45, 7) is 7.90. The maximum Gasteiger partial charge on any atom is 0.407 e. The second-order valence-corrected chi connectivity index (χ2v) is 9.35. The van der Waals surface area contributed by atoms with E-state index in [1.54, 1.807) is 13.8 Å². The fraction of sp³-hybridized carbons (Fsp3) is 0.833. The Hall–Kier alpha value is -1.58. The molecule has 0 aromatic heterocycles. The number of ether oxygens (including phenoxy) is 3. The molecule has 33 heavy (non-hydrogen) atoms. The van der Waals surface area contributed by atoms with Crippen LogP contribution in [0.2, 0.25) is 6.04 Å². The van der Waals surface area contributed by atoms with Crippen LogP contribution in [-0.4, -0.2) is 66.5 Å². The van der Waals surface area contributed by atoms with Gasteiger partial charge in [-0.15, -0.1) is 0 Å². The Morgan fingerprint density at radius 3 is 2.03 bits per heavy atom. The molecule has 8 nitrogen and oxygen atoms in total. The number of rotatable bonds is 23. The molecule has 0 aliphatic rings. The number of carboxylic acid groups (broad SMARTS) is 1. The third-order valence-corrected chi connectivity index (χ3v) is 6.59. The summed E-state index contributed by atoms with van der Waals surface area (Å²) in [5.41, 5.74) is 0.0807. The van der Waals surface area contributed by atoms with Crippen LogP contribution in [-0.2, 0) is 23.4 Å². The van der Waals surface area contributed by atoms with Gasteiger partial charge >= 0.3 is 12.1 Å². The van der Waals surface area contributed by atoms with Crippen LogP contribution in [0.4, 0.5) is 4.79 Å². The molecular formula is C24H47NO7Si. The van der Waals surface area contributed by atoms with E-state index in [0.29, 0.717) is 25.6 Å². The zero-order chi connectivity index (χ0) is 24.6. The van der Waals surface area contributed by atoms with Gasteiger partial charge in [0.05, 0.1) is 19.8 Å². The summed E-state index contributed by atoms with van der Waals surface area (Å²) in [6, 6.07) is 1.31. The average Bonchev–Trinajstić information content (AvgIpc) is 2.79. The van der Waals surface area contributed by atoms with Crippen molar-refractivity contribution < 1.29 is 33.3 Å². The van der Waals surface area contributed by atoms with E-state index in [9.17, 15) is 14.7 Å². The fourth-order valence-electron chi connectivity index (χ4n) is 3.31. The standard InChI is InChI=1S/C24H47NO7Si/c1-4-29-20-21(23(26)27)22(30-5-2)16-17-25-24(28)31-18-14-12-10-8-7-9-11-13-15-19-33-32-6-3/h4-20,33H2,1-3H3,(H,25,28)(H,26,27). The quantitative estimate of drug-likeness (QED) is 0.0938. The number of hydrogen-bond acceptors (Lipinski definition) is 6. The second-order valence-electron chi connectivity index (χ2n) is 7.82. The Balaban J connectivity index is 3.78. The molecular weight excluding hydrogens is 442 g/mol. The van der Waals surface area contributed by atoms with E-state index >= 15 is 0 Å². The lowest BCUT2D eigenvalue weighted by atomic mass is 10.1. The van der Waals surface area contributed by atoms with Gasteiger partial charge in [-0.2, -0.15) is 0 Å². The van der Waals surface area contributed by atoms with Gasteiger partial charge < -0.3 is 29.1 Å². The molecule has 0 aliphatic carbocycles. The van der Waals surface area contributed by atoms with E-state index in [2.05, 4.69) is 12.2 Å². The monoisotopic (exact) mass is 489 g/mol. The summed E-state index contributed by atoms with van der Waals surface area (Å²) < 4.78 is 21.3. The van der Waals surface area contributed by atoms with Crippen LogP contribution in [0.25, 0.3) is 0 Å². The van der Waals surface area contributed by atoms with Gasteiger partial charge in [0.1, 0.15) is 11.3 Å². The summed E-state index contributed by atoms with van der Waals surface area (Å²) >= 11 is 0. The third kappa shape index (κ3) is 19.6. The molecule has 194 valence electrons. The van der Waals surface area contributed by atoms with Crippen LogP contribution in [0, 0.1) is 0 Å². The second kappa shape index (κ2) is 23.6. The Labute approximate surface area is 202 Å². The van der Waals surface area contributed by atoms with Crippen molar-refractivity contribution >= 4 is 21.8 Å². The van der Waals surface area contributed by atoms with Gasteiger partial charge in [0.15, 0.2) is 9.76 Å². The van der Waals surface area contributed by atoms with Crippen molar-refractivity contribution in [3.8, 4) is 0 Å². The molecule has 2 N–H and O–H groups in total.